The fourth-order valence-corrected chi connectivity index (χ4v) is 1.72. The fraction of sp³-hybridized carbons (Fsp3) is 0.455. The molecule has 0 saturated carbocycles. The van der Waals surface area contributed by atoms with E-state index in [4.69, 9.17) is 4.74 Å². The number of halogens is 2. The smallest absolute Gasteiger partial charge is 0.166 e. The first-order valence-electron chi connectivity index (χ1n) is 4.93. The molecule has 0 aliphatic heterocycles. The van der Waals surface area contributed by atoms with Crippen LogP contribution in [0.25, 0.3) is 0 Å². The molecular weight excluding hydrogens is 279 g/mol. The van der Waals surface area contributed by atoms with Crippen LogP contribution in [0.4, 0.5) is 4.39 Å². The van der Waals surface area contributed by atoms with E-state index in [1.54, 1.807) is 12.1 Å². The van der Waals surface area contributed by atoms with Crippen molar-refractivity contribution in [3.63, 3.8) is 0 Å². The van der Waals surface area contributed by atoms with E-state index in [9.17, 15) is 4.39 Å². The highest BCUT2D eigenvalue weighted by Crippen LogP contribution is 2.21. The molecule has 0 heterocycles. The first kappa shape index (κ1) is 12.8. The molecule has 1 nitrogen and oxygen atoms in total. The lowest BCUT2D eigenvalue weighted by atomic mass is 10.2. The topological polar surface area (TPSA) is 9.23 Å². The van der Waals surface area contributed by atoms with Crippen molar-refractivity contribution >= 4 is 28.6 Å². The van der Waals surface area contributed by atoms with E-state index in [1.165, 1.54) is 6.07 Å². The van der Waals surface area contributed by atoms with Crippen LogP contribution in [0.1, 0.15) is 19.3 Å². The van der Waals surface area contributed by atoms with E-state index in [2.05, 4.69) is 28.6 Å². The highest BCUT2D eigenvalue weighted by molar-refractivity contribution is 9.10. The zero-order valence-electron chi connectivity index (χ0n) is 8.38. The number of benzene rings is 1. The summed E-state index contributed by atoms with van der Waals surface area (Å²) >= 11 is 7.31. The molecule has 0 aromatic heterocycles. The first-order chi connectivity index (χ1) is 7.24. The standard InChI is InChI=1S/C11H14BrFOS/c12-9-4-5-11(10(13)8-9)14-6-2-1-3-7-15/h4-5,8,15H,1-3,6-7H2. The van der Waals surface area contributed by atoms with E-state index in [0.717, 1.165) is 29.5 Å². The van der Waals surface area contributed by atoms with Gasteiger partial charge in [0.1, 0.15) is 0 Å². The lowest BCUT2D eigenvalue weighted by Crippen LogP contribution is -1.99. The maximum Gasteiger partial charge on any atom is 0.166 e. The van der Waals surface area contributed by atoms with Crippen LogP contribution < -0.4 is 4.74 Å². The minimum Gasteiger partial charge on any atom is -0.491 e. The third-order valence-electron chi connectivity index (χ3n) is 1.95. The first-order valence-corrected chi connectivity index (χ1v) is 6.35. The molecule has 0 amide bonds. The van der Waals surface area contributed by atoms with Crippen molar-refractivity contribution in [2.45, 2.75) is 19.3 Å². The third kappa shape index (κ3) is 4.89. The minimum absolute atomic E-state index is 0.321. The summed E-state index contributed by atoms with van der Waals surface area (Å²) in [5.41, 5.74) is 0. The number of thiol groups is 1. The summed E-state index contributed by atoms with van der Waals surface area (Å²) in [7, 11) is 0. The number of ether oxygens (including phenoxy) is 1. The summed E-state index contributed by atoms with van der Waals surface area (Å²) < 4.78 is 19.3. The SMILES string of the molecule is Fc1cc(Br)ccc1OCCCCCS. The maximum absolute atomic E-state index is 13.3. The van der Waals surface area contributed by atoms with Gasteiger partial charge in [-0.25, -0.2) is 4.39 Å². The molecule has 0 aliphatic rings. The van der Waals surface area contributed by atoms with Gasteiger partial charge in [0.25, 0.3) is 0 Å². The second-order valence-corrected chi connectivity index (χ2v) is 4.57. The van der Waals surface area contributed by atoms with E-state index in [0.29, 0.717) is 12.4 Å². The Morgan fingerprint density at radius 2 is 2.07 bits per heavy atom. The van der Waals surface area contributed by atoms with Crippen LogP contribution >= 0.6 is 28.6 Å². The number of hydrogen-bond donors (Lipinski definition) is 1. The van der Waals surface area contributed by atoms with Gasteiger partial charge in [-0.3, -0.25) is 0 Å². The molecule has 84 valence electrons. The molecule has 1 aromatic rings. The number of unbranched alkanes of at least 4 members (excludes halogenated alkanes) is 2. The van der Waals surface area contributed by atoms with Crippen molar-refractivity contribution < 1.29 is 9.13 Å². The second kappa shape index (κ2) is 7.12. The van der Waals surface area contributed by atoms with Gasteiger partial charge in [0.05, 0.1) is 6.61 Å². The number of hydrogen-bond acceptors (Lipinski definition) is 2. The highest BCUT2D eigenvalue weighted by Gasteiger charge is 2.02. The van der Waals surface area contributed by atoms with Crippen LogP contribution in [-0.4, -0.2) is 12.4 Å². The highest BCUT2D eigenvalue weighted by atomic mass is 79.9. The van der Waals surface area contributed by atoms with Crippen LogP contribution in [0, 0.1) is 5.82 Å². The maximum atomic E-state index is 13.3. The Labute approximate surface area is 104 Å². The van der Waals surface area contributed by atoms with E-state index >= 15 is 0 Å². The molecule has 0 atom stereocenters. The van der Waals surface area contributed by atoms with Gasteiger partial charge in [0.15, 0.2) is 11.6 Å². The van der Waals surface area contributed by atoms with Gasteiger partial charge in [0, 0.05) is 4.47 Å². The predicted octanol–water partition coefficient (Wildman–Crippen LogP) is 4.07. The fourth-order valence-electron chi connectivity index (χ4n) is 1.17. The molecule has 0 saturated heterocycles. The average Bonchev–Trinajstić information content (AvgIpc) is 2.20. The molecule has 1 aromatic carbocycles. The molecule has 4 heteroatoms. The minimum atomic E-state index is -0.321. The van der Waals surface area contributed by atoms with E-state index in [-0.39, 0.29) is 5.82 Å². The molecule has 0 aliphatic carbocycles. The average molecular weight is 293 g/mol. The zero-order chi connectivity index (χ0) is 11.1. The lowest BCUT2D eigenvalue weighted by molar-refractivity contribution is 0.291. The van der Waals surface area contributed by atoms with E-state index < -0.39 is 0 Å². The quantitative estimate of drug-likeness (QED) is 0.614. The Balaban J connectivity index is 2.31. The second-order valence-electron chi connectivity index (χ2n) is 3.21. The Hall–Kier alpha value is -0.220. The normalized spacial score (nSPS) is 10.3. The van der Waals surface area contributed by atoms with Crippen LogP contribution in [0.3, 0.4) is 0 Å². The molecule has 0 radical (unpaired) electrons. The van der Waals surface area contributed by atoms with Crippen LogP contribution in [0.5, 0.6) is 5.75 Å². The summed E-state index contributed by atoms with van der Waals surface area (Å²) in [4.78, 5) is 0. The Morgan fingerprint density at radius 3 is 2.73 bits per heavy atom. The summed E-state index contributed by atoms with van der Waals surface area (Å²) in [6.07, 6.45) is 3.09. The Kier molecular flexibility index (Phi) is 6.10. The van der Waals surface area contributed by atoms with Gasteiger partial charge in [-0.05, 0) is 43.2 Å². The summed E-state index contributed by atoms with van der Waals surface area (Å²) in [5.74, 6) is 0.898. The van der Waals surface area contributed by atoms with Crippen molar-refractivity contribution in [1.82, 2.24) is 0 Å². The van der Waals surface area contributed by atoms with E-state index in [1.807, 2.05) is 0 Å². The largest absolute Gasteiger partial charge is 0.491 e. The Bertz CT molecular complexity index is 307. The van der Waals surface area contributed by atoms with Gasteiger partial charge in [-0.2, -0.15) is 12.6 Å². The van der Waals surface area contributed by atoms with Gasteiger partial charge < -0.3 is 4.74 Å². The molecule has 0 fully saturated rings. The van der Waals surface area contributed by atoms with Gasteiger partial charge in [-0.15, -0.1) is 0 Å². The summed E-state index contributed by atoms with van der Waals surface area (Å²) in [6, 6.07) is 4.81. The van der Waals surface area contributed by atoms with Crippen molar-refractivity contribution in [3.05, 3.63) is 28.5 Å². The molecule has 0 unspecified atom stereocenters. The monoisotopic (exact) mass is 292 g/mol. The third-order valence-corrected chi connectivity index (χ3v) is 2.76. The van der Waals surface area contributed by atoms with Crippen molar-refractivity contribution in [2.75, 3.05) is 12.4 Å². The summed E-state index contributed by atoms with van der Waals surface area (Å²) in [5, 5.41) is 0. The summed E-state index contributed by atoms with van der Waals surface area (Å²) in [6.45, 7) is 0.562. The van der Waals surface area contributed by atoms with Crippen molar-refractivity contribution in [2.24, 2.45) is 0 Å². The lowest BCUT2D eigenvalue weighted by Gasteiger charge is -2.06. The van der Waals surface area contributed by atoms with Crippen LogP contribution in [0.15, 0.2) is 22.7 Å². The van der Waals surface area contributed by atoms with Crippen molar-refractivity contribution in [1.29, 1.82) is 0 Å². The Morgan fingerprint density at radius 1 is 1.27 bits per heavy atom. The molecule has 1 rings (SSSR count). The molecule has 0 N–H and O–H groups in total. The van der Waals surface area contributed by atoms with Crippen molar-refractivity contribution in [3.8, 4) is 5.75 Å². The molecule has 15 heavy (non-hydrogen) atoms. The van der Waals surface area contributed by atoms with Gasteiger partial charge >= 0.3 is 0 Å². The van der Waals surface area contributed by atoms with Gasteiger partial charge in [-0.1, -0.05) is 15.9 Å². The molecule has 0 bridgehead atoms. The van der Waals surface area contributed by atoms with Crippen LogP contribution in [-0.2, 0) is 0 Å². The predicted molar refractivity (Wildman–Crippen MR) is 67.3 cm³/mol. The van der Waals surface area contributed by atoms with Crippen LogP contribution in [0.2, 0.25) is 0 Å². The number of rotatable bonds is 6. The van der Waals surface area contributed by atoms with Gasteiger partial charge in [0.2, 0.25) is 0 Å². The molecular formula is C11H14BrFOS. The zero-order valence-corrected chi connectivity index (χ0v) is 10.9. The molecule has 0 spiro atoms.